The molecule has 1 aromatic rings. The van der Waals surface area contributed by atoms with E-state index in [4.69, 9.17) is 16.3 Å². The topological polar surface area (TPSA) is 49.8 Å². The van der Waals surface area contributed by atoms with Gasteiger partial charge in [0.2, 0.25) is 0 Å². The Morgan fingerprint density at radius 1 is 1.55 bits per heavy atom. The zero-order valence-electron chi connectivity index (χ0n) is 11.4. The van der Waals surface area contributed by atoms with Gasteiger partial charge in [-0.25, -0.2) is 4.79 Å². The molecule has 1 saturated heterocycles. The van der Waals surface area contributed by atoms with Crippen LogP contribution in [0, 0.1) is 0 Å². The van der Waals surface area contributed by atoms with Gasteiger partial charge in [0, 0.05) is 24.0 Å². The molecule has 0 radical (unpaired) electrons. The van der Waals surface area contributed by atoms with Gasteiger partial charge in [-0.1, -0.05) is 17.7 Å². The van der Waals surface area contributed by atoms with Crippen molar-refractivity contribution in [3.05, 3.63) is 34.3 Å². The molecule has 1 aromatic carbocycles. The van der Waals surface area contributed by atoms with Crippen LogP contribution in [0.15, 0.2) is 18.2 Å². The Bertz CT molecular complexity index is 548. The number of rotatable bonds is 0. The van der Waals surface area contributed by atoms with Crippen molar-refractivity contribution in [2.24, 2.45) is 0 Å². The Labute approximate surface area is 123 Å². The molecule has 0 unspecified atom stereocenters. The number of nitrogens with zero attached hydrogens (tertiary/aromatic N) is 1. The number of ether oxygens (including phenoxy) is 1. The SMILES string of the molecule is C[C@H]1C[C@@]2(CCN1C(=O)O)OCCc1ccc(Cl)cc12. The number of carboxylic acid groups (broad SMARTS) is 1. The molecule has 2 aliphatic heterocycles. The molecule has 2 atom stereocenters. The lowest BCUT2D eigenvalue weighted by molar-refractivity contribution is -0.106. The van der Waals surface area contributed by atoms with Crippen LogP contribution < -0.4 is 0 Å². The summed E-state index contributed by atoms with van der Waals surface area (Å²) in [6, 6.07) is 5.91. The van der Waals surface area contributed by atoms with E-state index in [0.717, 1.165) is 12.0 Å². The number of amides is 1. The van der Waals surface area contributed by atoms with Crippen molar-refractivity contribution in [1.29, 1.82) is 0 Å². The molecule has 0 aliphatic carbocycles. The lowest BCUT2D eigenvalue weighted by Gasteiger charge is -2.47. The molecular formula is C15H18ClNO3. The first-order valence-electron chi connectivity index (χ1n) is 6.94. The smallest absolute Gasteiger partial charge is 0.407 e. The molecule has 0 aromatic heterocycles. The maximum absolute atomic E-state index is 11.2. The van der Waals surface area contributed by atoms with Crippen LogP contribution >= 0.6 is 11.6 Å². The second-order valence-electron chi connectivity index (χ2n) is 5.67. The van der Waals surface area contributed by atoms with Crippen LogP contribution in [0.1, 0.15) is 30.9 Å². The number of likely N-dealkylation sites (tertiary alicyclic amines) is 1. The van der Waals surface area contributed by atoms with Crippen LogP contribution in [0.2, 0.25) is 5.02 Å². The van der Waals surface area contributed by atoms with Crippen LogP contribution in [0.3, 0.4) is 0 Å². The van der Waals surface area contributed by atoms with Crippen LogP contribution in [0.4, 0.5) is 4.79 Å². The van der Waals surface area contributed by atoms with Crippen molar-refractivity contribution < 1.29 is 14.6 Å². The predicted molar refractivity (Wildman–Crippen MR) is 76.2 cm³/mol. The van der Waals surface area contributed by atoms with Crippen LogP contribution in [0.5, 0.6) is 0 Å². The fourth-order valence-electron chi connectivity index (χ4n) is 3.50. The van der Waals surface area contributed by atoms with Crippen LogP contribution in [-0.4, -0.2) is 35.3 Å². The van der Waals surface area contributed by atoms with E-state index in [9.17, 15) is 9.90 Å². The van der Waals surface area contributed by atoms with Crippen molar-refractivity contribution in [1.82, 2.24) is 4.90 Å². The van der Waals surface area contributed by atoms with E-state index in [-0.39, 0.29) is 11.6 Å². The summed E-state index contributed by atoms with van der Waals surface area (Å²) in [7, 11) is 0. The molecule has 108 valence electrons. The Kier molecular flexibility index (Phi) is 3.38. The molecule has 0 bridgehead atoms. The second kappa shape index (κ2) is 4.93. The fraction of sp³-hybridized carbons (Fsp3) is 0.533. The van der Waals surface area contributed by atoms with Gasteiger partial charge >= 0.3 is 6.09 Å². The van der Waals surface area contributed by atoms with Crippen molar-refractivity contribution >= 4 is 17.7 Å². The molecule has 1 fully saturated rings. The van der Waals surface area contributed by atoms with Gasteiger partial charge in [0.1, 0.15) is 0 Å². The first-order valence-corrected chi connectivity index (χ1v) is 7.32. The molecule has 20 heavy (non-hydrogen) atoms. The molecule has 2 heterocycles. The molecule has 0 saturated carbocycles. The Balaban J connectivity index is 1.96. The first-order chi connectivity index (χ1) is 9.52. The van der Waals surface area contributed by atoms with Crippen molar-refractivity contribution in [2.45, 2.75) is 37.8 Å². The zero-order chi connectivity index (χ0) is 14.3. The summed E-state index contributed by atoms with van der Waals surface area (Å²) in [4.78, 5) is 12.7. The molecule has 1 N–H and O–H groups in total. The Morgan fingerprint density at radius 2 is 2.35 bits per heavy atom. The number of carbonyl (C=O) groups is 1. The monoisotopic (exact) mass is 295 g/mol. The van der Waals surface area contributed by atoms with Crippen molar-refractivity contribution in [2.75, 3.05) is 13.2 Å². The van der Waals surface area contributed by atoms with Gasteiger partial charge in [0.25, 0.3) is 0 Å². The average Bonchev–Trinajstić information content (AvgIpc) is 2.39. The lowest BCUT2D eigenvalue weighted by Crippen LogP contribution is -2.52. The Morgan fingerprint density at radius 3 is 3.05 bits per heavy atom. The maximum Gasteiger partial charge on any atom is 0.407 e. The van der Waals surface area contributed by atoms with Gasteiger partial charge < -0.3 is 14.7 Å². The highest BCUT2D eigenvalue weighted by Gasteiger charge is 2.44. The summed E-state index contributed by atoms with van der Waals surface area (Å²) < 4.78 is 6.11. The van der Waals surface area contributed by atoms with Gasteiger partial charge in [-0.2, -0.15) is 0 Å². The fourth-order valence-corrected chi connectivity index (χ4v) is 3.67. The number of hydrogen-bond acceptors (Lipinski definition) is 2. The van der Waals surface area contributed by atoms with Crippen LogP contribution in [-0.2, 0) is 16.8 Å². The van der Waals surface area contributed by atoms with E-state index < -0.39 is 6.09 Å². The van der Waals surface area contributed by atoms with E-state index in [1.54, 1.807) is 0 Å². The summed E-state index contributed by atoms with van der Waals surface area (Å²) in [5.41, 5.74) is 2.05. The van der Waals surface area contributed by atoms with Gasteiger partial charge in [-0.05, 0) is 43.0 Å². The highest BCUT2D eigenvalue weighted by Crippen LogP contribution is 2.44. The summed E-state index contributed by atoms with van der Waals surface area (Å²) in [6.45, 7) is 3.13. The van der Waals surface area contributed by atoms with Gasteiger partial charge in [-0.15, -0.1) is 0 Å². The van der Waals surface area contributed by atoms with E-state index >= 15 is 0 Å². The molecule has 3 rings (SSSR count). The summed E-state index contributed by atoms with van der Waals surface area (Å²) >= 11 is 6.13. The predicted octanol–water partition coefficient (Wildman–Crippen LogP) is 3.27. The number of benzene rings is 1. The third-order valence-electron chi connectivity index (χ3n) is 4.47. The first kappa shape index (κ1) is 13.7. The number of piperidine rings is 1. The van der Waals surface area contributed by atoms with Crippen molar-refractivity contribution in [3.8, 4) is 0 Å². The molecular weight excluding hydrogens is 278 g/mol. The largest absolute Gasteiger partial charge is 0.465 e. The number of halogens is 1. The molecule has 2 aliphatic rings. The minimum atomic E-state index is -0.852. The second-order valence-corrected chi connectivity index (χ2v) is 6.11. The summed E-state index contributed by atoms with van der Waals surface area (Å²) in [5, 5.41) is 9.91. The molecule has 5 heteroatoms. The number of hydrogen-bond donors (Lipinski definition) is 1. The standard InChI is InChI=1S/C15H18ClNO3/c1-10-9-15(5-6-17(10)14(18)19)13-8-12(16)3-2-11(13)4-7-20-15/h2-3,8,10H,4-7,9H2,1H3,(H,18,19)/t10-,15+/m0/s1. The Hall–Kier alpha value is -1.26. The zero-order valence-corrected chi connectivity index (χ0v) is 12.2. The van der Waals surface area contributed by atoms with Gasteiger partial charge in [-0.3, -0.25) is 0 Å². The van der Waals surface area contributed by atoms with Crippen molar-refractivity contribution in [3.63, 3.8) is 0 Å². The minimum absolute atomic E-state index is 0.0498. The molecule has 1 spiro atoms. The quantitative estimate of drug-likeness (QED) is 0.799. The van der Waals surface area contributed by atoms with E-state index in [2.05, 4.69) is 6.07 Å². The third-order valence-corrected chi connectivity index (χ3v) is 4.71. The third kappa shape index (κ3) is 2.17. The lowest BCUT2D eigenvalue weighted by atomic mass is 9.77. The maximum atomic E-state index is 11.2. The molecule has 4 nitrogen and oxygen atoms in total. The average molecular weight is 296 g/mol. The number of fused-ring (bicyclic) bond motifs is 2. The summed E-state index contributed by atoms with van der Waals surface area (Å²) in [5.74, 6) is 0. The van der Waals surface area contributed by atoms with Crippen LogP contribution in [0.25, 0.3) is 0 Å². The van der Waals surface area contributed by atoms with Gasteiger partial charge in [0.15, 0.2) is 0 Å². The summed E-state index contributed by atoms with van der Waals surface area (Å²) in [6.07, 6.45) is 1.42. The van der Waals surface area contributed by atoms with Gasteiger partial charge in [0.05, 0.1) is 12.2 Å². The van der Waals surface area contributed by atoms with E-state index in [1.807, 2.05) is 19.1 Å². The highest BCUT2D eigenvalue weighted by molar-refractivity contribution is 6.30. The normalized spacial score (nSPS) is 29.3. The minimum Gasteiger partial charge on any atom is -0.465 e. The highest BCUT2D eigenvalue weighted by atomic mass is 35.5. The van der Waals surface area contributed by atoms with E-state index in [1.165, 1.54) is 10.5 Å². The molecule has 1 amide bonds. The van der Waals surface area contributed by atoms with E-state index in [0.29, 0.717) is 31.0 Å².